The first-order chi connectivity index (χ1) is 4.20. The van der Waals surface area contributed by atoms with Crippen molar-refractivity contribution in [2.75, 3.05) is 0 Å². The second-order valence-corrected chi connectivity index (χ2v) is 3.12. The molecule has 0 aromatic rings. The average molecular weight is 129 g/mol. The molecule has 2 heteroatoms. The predicted octanol–water partition coefficient (Wildman–Crippen LogP) is 0.495. The molecule has 0 radical (unpaired) electrons. The predicted molar refractivity (Wildman–Crippen MR) is 37.0 cm³/mol. The SMILES string of the molecule is C[C@@H]1C[C@@H](N)CC[C@@H]1O. The van der Waals surface area contributed by atoms with Crippen LogP contribution in [0.25, 0.3) is 0 Å². The lowest BCUT2D eigenvalue weighted by atomic mass is 9.85. The van der Waals surface area contributed by atoms with Crippen molar-refractivity contribution in [3.05, 3.63) is 0 Å². The molecule has 1 fully saturated rings. The summed E-state index contributed by atoms with van der Waals surface area (Å²) in [7, 11) is 0. The van der Waals surface area contributed by atoms with Crippen molar-refractivity contribution in [1.82, 2.24) is 0 Å². The van der Waals surface area contributed by atoms with Gasteiger partial charge in [-0.05, 0) is 25.2 Å². The van der Waals surface area contributed by atoms with Crippen LogP contribution < -0.4 is 5.73 Å². The molecule has 0 aromatic carbocycles. The van der Waals surface area contributed by atoms with Crippen LogP contribution in [-0.2, 0) is 0 Å². The molecule has 0 aliphatic heterocycles. The number of aliphatic hydroxyl groups excluding tert-OH is 1. The summed E-state index contributed by atoms with van der Waals surface area (Å²) in [5.74, 6) is 0.411. The van der Waals surface area contributed by atoms with E-state index < -0.39 is 0 Å². The zero-order valence-corrected chi connectivity index (χ0v) is 5.88. The second kappa shape index (κ2) is 2.67. The lowest BCUT2D eigenvalue weighted by Crippen LogP contribution is -2.34. The Hall–Kier alpha value is -0.0800. The van der Waals surface area contributed by atoms with Gasteiger partial charge in [0.2, 0.25) is 0 Å². The molecule has 1 rings (SSSR count). The van der Waals surface area contributed by atoms with Gasteiger partial charge >= 0.3 is 0 Å². The third-order valence-corrected chi connectivity index (χ3v) is 2.16. The Morgan fingerprint density at radius 3 is 2.56 bits per heavy atom. The van der Waals surface area contributed by atoms with E-state index in [9.17, 15) is 5.11 Å². The van der Waals surface area contributed by atoms with Crippen molar-refractivity contribution in [1.29, 1.82) is 0 Å². The zero-order valence-electron chi connectivity index (χ0n) is 5.88. The number of aliphatic hydroxyl groups is 1. The van der Waals surface area contributed by atoms with Crippen LogP contribution in [0.1, 0.15) is 26.2 Å². The standard InChI is InChI=1S/C7H15NO/c1-5-4-6(8)2-3-7(5)9/h5-7,9H,2-4,8H2,1H3/t5-,6+,7+/m1/s1. The summed E-state index contributed by atoms with van der Waals surface area (Å²) in [5.41, 5.74) is 5.68. The zero-order chi connectivity index (χ0) is 6.85. The summed E-state index contributed by atoms with van der Waals surface area (Å²) < 4.78 is 0. The van der Waals surface area contributed by atoms with E-state index in [-0.39, 0.29) is 6.10 Å². The van der Waals surface area contributed by atoms with Crippen molar-refractivity contribution in [3.8, 4) is 0 Å². The van der Waals surface area contributed by atoms with Gasteiger partial charge in [-0.25, -0.2) is 0 Å². The van der Waals surface area contributed by atoms with Crippen molar-refractivity contribution >= 4 is 0 Å². The minimum Gasteiger partial charge on any atom is -0.393 e. The minimum absolute atomic E-state index is 0.0928. The first kappa shape index (κ1) is 7.03. The van der Waals surface area contributed by atoms with Crippen LogP contribution in [0.15, 0.2) is 0 Å². The van der Waals surface area contributed by atoms with Crippen LogP contribution in [0, 0.1) is 5.92 Å². The molecule has 2 nitrogen and oxygen atoms in total. The van der Waals surface area contributed by atoms with Gasteiger partial charge in [0.1, 0.15) is 0 Å². The molecule has 1 aliphatic carbocycles. The largest absolute Gasteiger partial charge is 0.393 e. The van der Waals surface area contributed by atoms with Crippen LogP contribution >= 0.6 is 0 Å². The van der Waals surface area contributed by atoms with E-state index in [0.717, 1.165) is 19.3 Å². The molecule has 3 atom stereocenters. The lowest BCUT2D eigenvalue weighted by Gasteiger charge is -2.28. The fourth-order valence-electron chi connectivity index (χ4n) is 1.42. The summed E-state index contributed by atoms with van der Waals surface area (Å²) in [6.07, 6.45) is 2.78. The Bertz CT molecular complexity index is 94.9. The molecule has 0 saturated heterocycles. The Morgan fingerprint density at radius 1 is 1.44 bits per heavy atom. The molecule has 9 heavy (non-hydrogen) atoms. The van der Waals surface area contributed by atoms with Crippen LogP contribution in [0.4, 0.5) is 0 Å². The Morgan fingerprint density at radius 2 is 2.11 bits per heavy atom. The highest BCUT2D eigenvalue weighted by Gasteiger charge is 2.22. The van der Waals surface area contributed by atoms with Crippen LogP contribution in [-0.4, -0.2) is 17.3 Å². The Labute approximate surface area is 56.1 Å². The highest BCUT2D eigenvalue weighted by Crippen LogP contribution is 2.22. The van der Waals surface area contributed by atoms with Gasteiger partial charge in [0, 0.05) is 6.04 Å². The summed E-state index contributed by atoms with van der Waals surface area (Å²) in [6.45, 7) is 2.06. The van der Waals surface area contributed by atoms with Gasteiger partial charge < -0.3 is 10.8 Å². The monoisotopic (exact) mass is 129 g/mol. The maximum atomic E-state index is 9.24. The van der Waals surface area contributed by atoms with Gasteiger partial charge in [0.15, 0.2) is 0 Å². The van der Waals surface area contributed by atoms with Crippen molar-refractivity contribution in [3.63, 3.8) is 0 Å². The molecule has 1 saturated carbocycles. The maximum Gasteiger partial charge on any atom is 0.0566 e. The smallest absolute Gasteiger partial charge is 0.0566 e. The fraction of sp³-hybridized carbons (Fsp3) is 1.00. The first-order valence-corrected chi connectivity index (χ1v) is 3.64. The first-order valence-electron chi connectivity index (χ1n) is 3.64. The average Bonchev–Trinajstić information content (AvgIpc) is 1.80. The van der Waals surface area contributed by atoms with Gasteiger partial charge in [-0.3, -0.25) is 0 Å². The quantitative estimate of drug-likeness (QED) is 0.500. The van der Waals surface area contributed by atoms with E-state index in [1.807, 2.05) is 0 Å². The summed E-state index contributed by atoms with van der Waals surface area (Å²) in [5, 5.41) is 9.24. The van der Waals surface area contributed by atoms with Crippen LogP contribution in [0.3, 0.4) is 0 Å². The number of hydrogen-bond donors (Lipinski definition) is 2. The van der Waals surface area contributed by atoms with Crippen molar-refractivity contribution in [2.45, 2.75) is 38.3 Å². The number of nitrogens with two attached hydrogens (primary N) is 1. The van der Waals surface area contributed by atoms with Crippen molar-refractivity contribution in [2.24, 2.45) is 11.7 Å². The molecular formula is C7H15NO. The molecule has 0 heterocycles. The van der Waals surface area contributed by atoms with Gasteiger partial charge in [0.05, 0.1) is 6.10 Å². The van der Waals surface area contributed by atoms with E-state index in [2.05, 4.69) is 6.92 Å². The topological polar surface area (TPSA) is 46.2 Å². The van der Waals surface area contributed by atoms with Crippen LogP contribution in [0.2, 0.25) is 0 Å². The van der Waals surface area contributed by atoms with Gasteiger partial charge in [-0.15, -0.1) is 0 Å². The number of rotatable bonds is 0. The second-order valence-electron chi connectivity index (χ2n) is 3.12. The molecule has 54 valence electrons. The Kier molecular flexibility index (Phi) is 2.09. The lowest BCUT2D eigenvalue weighted by molar-refractivity contribution is 0.0721. The van der Waals surface area contributed by atoms with E-state index in [0.29, 0.717) is 12.0 Å². The molecule has 0 unspecified atom stereocenters. The van der Waals surface area contributed by atoms with E-state index in [1.54, 1.807) is 0 Å². The summed E-state index contributed by atoms with van der Waals surface area (Å²) in [4.78, 5) is 0. The highest BCUT2D eigenvalue weighted by molar-refractivity contribution is 4.78. The Balaban J connectivity index is 2.35. The maximum absolute atomic E-state index is 9.24. The number of hydrogen-bond acceptors (Lipinski definition) is 2. The van der Waals surface area contributed by atoms with Gasteiger partial charge in [-0.2, -0.15) is 0 Å². The third-order valence-electron chi connectivity index (χ3n) is 2.16. The third kappa shape index (κ3) is 1.66. The van der Waals surface area contributed by atoms with Crippen molar-refractivity contribution < 1.29 is 5.11 Å². The normalized spacial score (nSPS) is 45.0. The summed E-state index contributed by atoms with van der Waals surface area (Å²) >= 11 is 0. The minimum atomic E-state index is -0.0928. The molecule has 1 aliphatic rings. The van der Waals surface area contributed by atoms with E-state index in [1.165, 1.54) is 0 Å². The van der Waals surface area contributed by atoms with E-state index >= 15 is 0 Å². The fourth-order valence-corrected chi connectivity index (χ4v) is 1.42. The molecular weight excluding hydrogens is 114 g/mol. The molecule has 0 bridgehead atoms. The van der Waals surface area contributed by atoms with Gasteiger partial charge in [-0.1, -0.05) is 6.92 Å². The van der Waals surface area contributed by atoms with E-state index in [4.69, 9.17) is 5.73 Å². The summed E-state index contributed by atoms with van der Waals surface area (Å²) in [6, 6.07) is 0.336. The molecule has 3 N–H and O–H groups in total. The molecule has 0 spiro atoms. The highest BCUT2D eigenvalue weighted by atomic mass is 16.3. The molecule has 0 aromatic heterocycles. The van der Waals surface area contributed by atoms with Gasteiger partial charge in [0.25, 0.3) is 0 Å². The van der Waals surface area contributed by atoms with Crippen LogP contribution in [0.5, 0.6) is 0 Å². The molecule has 0 amide bonds.